The number of hydrogen-bond acceptors (Lipinski definition) is 3. The van der Waals surface area contributed by atoms with Gasteiger partial charge in [-0.3, -0.25) is 4.89 Å². The Morgan fingerprint density at radius 3 is 2.29 bits per heavy atom. The van der Waals surface area contributed by atoms with Crippen LogP contribution in [-0.2, 0) is 14.6 Å². The van der Waals surface area contributed by atoms with E-state index in [0.29, 0.717) is 4.48 Å². The van der Waals surface area contributed by atoms with Crippen LogP contribution in [0.2, 0.25) is 0 Å². The first-order valence-corrected chi connectivity index (χ1v) is 4.22. The lowest BCUT2D eigenvalue weighted by Gasteiger charge is -2.30. The van der Waals surface area contributed by atoms with Crippen molar-refractivity contribution in [3.8, 4) is 0 Å². The van der Waals surface area contributed by atoms with Crippen LogP contribution in [0, 0.1) is 0 Å². The van der Waals surface area contributed by atoms with E-state index in [-0.39, 0.29) is 30.2 Å². The maximum Gasteiger partial charge on any atom is 0.365 e. The monoisotopic (exact) mass is 315 g/mol. The zero-order valence-electron chi connectivity index (χ0n) is 9.12. The molecule has 0 fully saturated rings. The van der Waals surface area contributed by atoms with Gasteiger partial charge in [0, 0.05) is 12.5 Å². The topological polar surface area (TPSA) is 35.5 Å². The summed E-state index contributed by atoms with van der Waals surface area (Å²) in [6.45, 7) is 5.24. The standard InChI is InChI=1S/C9H18NO3.HI/c1-6-8(10(3,4)5)12-13-9(11)7-2;/h7-8H,2,6H2,1,3-5H3;1H/q+1;/p-1. The van der Waals surface area contributed by atoms with Crippen LogP contribution in [0.5, 0.6) is 0 Å². The Balaban J connectivity index is 0. The molecule has 14 heavy (non-hydrogen) atoms. The molecule has 0 aromatic heterocycles. The Labute approximate surface area is 102 Å². The van der Waals surface area contributed by atoms with E-state index in [1.807, 2.05) is 28.1 Å². The van der Waals surface area contributed by atoms with Gasteiger partial charge in [-0.15, -0.1) is 4.89 Å². The van der Waals surface area contributed by atoms with Gasteiger partial charge in [-0.2, -0.15) is 0 Å². The minimum atomic E-state index is -0.563. The van der Waals surface area contributed by atoms with Crippen LogP contribution in [0.4, 0.5) is 0 Å². The molecule has 0 aliphatic heterocycles. The van der Waals surface area contributed by atoms with E-state index in [1.54, 1.807) is 0 Å². The summed E-state index contributed by atoms with van der Waals surface area (Å²) < 4.78 is 0.584. The third-order valence-corrected chi connectivity index (χ3v) is 1.62. The second-order valence-corrected chi connectivity index (χ2v) is 3.68. The molecule has 0 aliphatic rings. The molecule has 0 radical (unpaired) electrons. The predicted octanol–water partition coefficient (Wildman–Crippen LogP) is -1.91. The van der Waals surface area contributed by atoms with Gasteiger partial charge in [0.15, 0.2) is 0 Å². The van der Waals surface area contributed by atoms with Gasteiger partial charge in [-0.25, -0.2) is 4.79 Å². The molecule has 0 aliphatic carbocycles. The van der Waals surface area contributed by atoms with Gasteiger partial charge >= 0.3 is 5.97 Å². The van der Waals surface area contributed by atoms with Crippen LogP contribution >= 0.6 is 0 Å². The second kappa shape index (κ2) is 7.19. The van der Waals surface area contributed by atoms with Crippen molar-refractivity contribution >= 4 is 5.97 Å². The molecule has 0 spiro atoms. The largest absolute Gasteiger partial charge is 1.00 e. The Hall–Kier alpha value is -0.140. The van der Waals surface area contributed by atoms with Crippen molar-refractivity contribution in [2.45, 2.75) is 19.6 Å². The first kappa shape index (κ1) is 16.3. The van der Waals surface area contributed by atoms with Crippen molar-refractivity contribution in [1.82, 2.24) is 0 Å². The highest BCUT2D eigenvalue weighted by molar-refractivity contribution is 5.80. The first-order valence-electron chi connectivity index (χ1n) is 4.22. The van der Waals surface area contributed by atoms with Crippen LogP contribution < -0.4 is 24.0 Å². The summed E-state index contributed by atoms with van der Waals surface area (Å²) in [4.78, 5) is 20.1. The Morgan fingerprint density at radius 1 is 1.50 bits per heavy atom. The van der Waals surface area contributed by atoms with Gasteiger partial charge in [0.1, 0.15) is 0 Å². The summed E-state index contributed by atoms with van der Waals surface area (Å²) >= 11 is 0. The number of halogens is 1. The van der Waals surface area contributed by atoms with Crippen LogP contribution in [0.25, 0.3) is 0 Å². The molecule has 1 unspecified atom stereocenters. The molecule has 5 heteroatoms. The smallest absolute Gasteiger partial charge is 0.365 e. The summed E-state index contributed by atoms with van der Waals surface area (Å²) in [5.74, 6) is -0.563. The lowest BCUT2D eigenvalue weighted by molar-refractivity contribution is -0.929. The molecular weight excluding hydrogens is 297 g/mol. The van der Waals surface area contributed by atoms with E-state index in [1.165, 1.54) is 0 Å². The lowest BCUT2D eigenvalue weighted by Crippen LogP contribution is -3.00. The van der Waals surface area contributed by atoms with Crippen LogP contribution in [0.3, 0.4) is 0 Å². The Kier molecular flexibility index (Phi) is 8.37. The molecule has 4 nitrogen and oxygen atoms in total. The average Bonchev–Trinajstić information content (AvgIpc) is 2.02. The van der Waals surface area contributed by atoms with E-state index in [0.717, 1.165) is 12.5 Å². The summed E-state index contributed by atoms with van der Waals surface area (Å²) in [6, 6.07) is 0. The van der Waals surface area contributed by atoms with E-state index in [9.17, 15) is 4.79 Å². The molecule has 84 valence electrons. The zero-order chi connectivity index (χ0) is 10.5. The van der Waals surface area contributed by atoms with Gasteiger partial charge in [-0.1, -0.05) is 13.5 Å². The van der Waals surface area contributed by atoms with Crippen molar-refractivity contribution in [2.24, 2.45) is 0 Å². The van der Waals surface area contributed by atoms with Gasteiger partial charge in [0.05, 0.1) is 21.1 Å². The summed E-state index contributed by atoms with van der Waals surface area (Å²) in [5.41, 5.74) is 0. The quantitative estimate of drug-likeness (QED) is 0.148. The average molecular weight is 315 g/mol. The molecule has 0 heterocycles. The maximum atomic E-state index is 10.7. The molecule has 0 aromatic carbocycles. The van der Waals surface area contributed by atoms with Crippen molar-refractivity contribution in [2.75, 3.05) is 21.1 Å². The predicted molar refractivity (Wildman–Crippen MR) is 49.5 cm³/mol. The number of rotatable bonds is 5. The highest BCUT2D eigenvalue weighted by atomic mass is 127. The fourth-order valence-corrected chi connectivity index (χ4v) is 0.882. The van der Waals surface area contributed by atoms with Crippen molar-refractivity contribution in [1.29, 1.82) is 0 Å². The van der Waals surface area contributed by atoms with Crippen molar-refractivity contribution in [3.63, 3.8) is 0 Å². The van der Waals surface area contributed by atoms with E-state index >= 15 is 0 Å². The van der Waals surface area contributed by atoms with Crippen molar-refractivity contribution < 1.29 is 43.0 Å². The molecule has 0 saturated heterocycles. The van der Waals surface area contributed by atoms with E-state index < -0.39 is 5.97 Å². The van der Waals surface area contributed by atoms with Crippen LogP contribution in [-0.4, -0.2) is 37.8 Å². The molecule has 0 aromatic rings. The number of nitrogens with zero attached hydrogens (tertiary/aromatic N) is 1. The van der Waals surface area contributed by atoms with Gasteiger partial charge in [0.2, 0.25) is 6.23 Å². The highest BCUT2D eigenvalue weighted by Crippen LogP contribution is 2.09. The van der Waals surface area contributed by atoms with Crippen LogP contribution in [0.1, 0.15) is 13.3 Å². The summed E-state index contributed by atoms with van der Waals surface area (Å²) in [6.07, 6.45) is 1.69. The molecule has 0 N–H and O–H groups in total. The lowest BCUT2D eigenvalue weighted by atomic mass is 10.3. The molecular formula is C9H18INO3. The van der Waals surface area contributed by atoms with E-state index in [2.05, 4.69) is 11.5 Å². The molecule has 1 atom stereocenters. The molecule has 0 amide bonds. The third-order valence-electron chi connectivity index (χ3n) is 1.62. The minimum absolute atomic E-state index is 0. The fourth-order valence-electron chi connectivity index (χ4n) is 0.882. The summed E-state index contributed by atoms with van der Waals surface area (Å²) in [7, 11) is 5.90. The zero-order valence-corrected chi connectivity index (χ0v) is 11.3. The maximum absolute atomic E-state index is 10.7. The Morgan fingerprint density at radius 2 is 2.00 bits per heavy atom. The minimum Gasteiger partial charge on any atom is -1.00 e. The molecule has 0 saturated carbocycles. The van der Waals surface area contributed by atoms with Crippen molar-refractivity contribution in [3.05, 3.63) is 12.7 Å². The van der Waals surface area contributed by atoms with Gasteiger partial charge < -0.3 is 28.5 Å². The fraction of sp³-hybridized carbons (Fsp3) is 0.667. The summed E-state index contributed by atoms with van der Waals surface area (Å²) in [5, 5.41) is 0. The third kappa shape index (κ3) is 6.33. The van der Waals surface area contributed by atoms with Gasteiger partial charge in [-0.05, 0) is 0 Å². The SMILES string of the molecule is C=CC(=O)OOC(CC)[N+](C)(C)C.[I-]. The normalized spacial score (nSPS) is 12.6. The number of carbonyl (C=O) groups is 1. The Bertz CT molecular complexity index is 189. The number of carbonyl (C=O) groups excluding carboxylic acids is 1. The number of hydrogen-bond donors (Lipinski definition) is 0. The highest BCUT2D eigenvalue weighted by Gasteiger charge is 2.24. The van der Waals surface area contributed by atoms with E-state index in [4.69, 9.17) is 4.89 Å². The molecule has 0 rings (SSSR count). The van der Waals surface area contributed by atoms with Crippen LogP contribution in [0.15, 0.2) is 12.7 Å². The number of quaternary nitrogens is 1. The first-order chi connectivity index (χ1) is 5.91. The second-order valence-electron chi connectivity index (χ2n) is 3.68. The molecule has 0 bridgehead atoms. The van der Waals surface area contributed by atoms with Gasteiger partial charge in [0.25, 0.3) is 0 Å².